The molecule has 1 atom stereocenters. The van der Waals surface area contributed by atoms with E-state index < -0.39 is 21.8 Å². The Labute approximate surface area is 120 Å². The van der Waals surface area contributed by atoms with Gasteiger partial charge in [0.2, 0.25) is 21.8 Å². The molecule has 0 bridgehead atoms. The molecular formula is C13H22N2O4S. The summed E-state index contributed by atoms with van der Waals surface area (Å²) >= 11 is 0. The molecule has 114 valence electrons. The van der Waals surface area contributed by atoms with Crippen molar-refractivity contribution < 1.29 is 18.0 Å². The molecule has 6 nitrogen and oxygen atoms in total. The fourth-order valence-corrected chi connectivity index (χ4v) is 3.63. The maximum atomic E-state index is 12.1. The van der Waals surface area contributed by atoms with Crippen LogP contribution in [0, 0.1) is 5.92 Å². The highest BCUT2D eigenvalue weighted by Crippen LogP contribution is 2.28. The smallest absolute Gasteiger partial charge is 0.238 e. The van der Waals surface area contributed by atoms with E-state index >= 15 is 0 Å². The van der Waals surface area contributed by atoms with Crippen molar-refractivity contribution in [2.45, 2.75) is 51.0 Å². The van der Waals surface area contributed by atoms with Crippen LogP contribution in [-0.4, -0.2) is 44.0 Å². The molecular weight excluding hydrogens is 280 g/mol. The van der Waals surface area contributed by atoms with Crippen LogP contribution < -0.4 is 4.72 Å². The molecule has 0 aromatic heterocycles. The lowest BCUT2D eigenvalue weighted by molar-refractivity contribution is -0.130. The molecule has 0 aromatic carbocycles. The largest absolute Gasteiger partial charge is 0.339 e. The molecule has 2 rings (SSSR count). The van der Waals surface area contributed by atoms with E-state index in [2.05, 4.69) is 0 Å². The first kappa shape index (κ1) is 15.3. The van der Waals surface area contributed by atoms with Gasteiger partial charge in [0, 0.05) is 19.0 Å². The number of carbonyl (C=O) groups is 2. The van der Waals surface area contributed by atoms with E-state index in [-0.39, 0.29) is 18.4 Å². The number of amides is 2. The van der Waals surface area contributed by atoms with Crippen LogP contribution in [0.5, 0.6) is 0 Å². The second-order valence-corrected chi connectivity index (χ2v) is 7.58. The van der Waals surface area contributed by atoms with Crippen molar-refractivity contribution in [2.75, 3.05) is 12.8 Å². The van der Waals surface area contributed by atoms with Crippen molar-refractivity contribution in [2.24, 2.45) is 5.92 Å². The van der Waals surface area contributed by atoms with Gasteiger partial charge >= 0.3 is 0 Å². The maximum absolute atomic E-state index is 12.1. The van der Waals surface area contributed by atoms with Crippen LogP contribution in [0.4, 0.5) is 0 Å². The zero-order valence-electron chi connectivity index (χ0n) is 11.8. The first-order chi connectivity index (χ1) is 9.37. The van der Waals surface area contributed by atoms with E-state index in [0.717, 1.165) is 31.9 Å². The van der Waals surface area contributed by atoms with E-state index in [1.54, 1.807) is 4.90 Å². The third-order valence-corrected chi connectivity index (χ3v) is 4.65. The van der Waals surface area contributed by atoms with Gasteiger partial charge in [-0.2, -0.15) is 0 Å². The molecule has 7 heteroatoms. The number of hydrogen-bond acceptors (Lipinski definition) is 4. The molecule has 1 N–H and O–H groups in total. The van der Waals surface area contributed by atoms with Gasteiger partial charge in [0.25, 0.3) is 0 Å². The Kier molecular flexibility index (Phi) is 4.67. The molecule has 0 radical (unpaired) electrons. The first-order valence-electron chi connectivity index (χ1n) is 7.18. The highest BCUT2D eigenvalue weighted by Gasteiger charge is 2.38. The summed E-state index contributed by atoms with van der Waals surface area (Å²) in [5, 5.41) is 0. The van der Waals surface area contributed by atoms with E-state index in [1.165, 1.54) is 12.8 Å². The standard InChI is InChI=1S/C13H22N2O4S/c1-20(18,19)14-13(17)10-8-12(16)15(9-10)11-6-4-2-3-5-7-11/h10-11H,2-9H2,1H3,(H,14,17). The number of rotatable bonds is 3. The normalized spacial score (nSPS) is 25.6. The number of carbonyl (C=O) groups excluding carboxylic acids is 2. The van der Waals surface area contributed by atoms with Crippen LogP contribution in [0.2, 0.25) is 0 Å². The first-order valence-corrected chi connectivity index (χ1v) is 9.07. The predicted octanol–water partition coefficient (Wildman–Crippen LogP) is 0.633. The molecule has 1 aliphatic carbocycles. The Hall–Kier alpha value is -1.11. The average molecular weight is 302 g/mol. The zero-order valence-corrected chi connectivity index (χ0v) is 12.6. The van der Waals surface area contributed by atoms with E-state index in [0.29, 0.717) is 6.54 Å². The third kappa shape index (κ3) is 3.94. The molecule has 1 aliphatic heterocycles. The van der Waals surface area contributed by atoms with Gasteiger partial charge in [-0.05, 0) is 12.8 Å². The highest BCUT2D eigenvalue weighted by molar-refractivity contribution is 7.89. The SMILES string of the molecule is CS(=O)(=O)NC(=O)C1CC(=O)N(C2CCCCCC2)C1. The molecule has 1 saturated carbocycles. The number of sulfonamides is 1. The topological polar surface area (TPSA) is 83.5 Å². The van der Waals surface area contributed by atoms with Gasteiger partial charge in [-0.3, -0.25) is 14.3 Å². The summed E-state index contributed by atoms with van der Waals surface area (Å²) in [5.41, 5.74) is 0. The average Bonchev–Trinajstić information content (AvgIpc) is 2.57. The van der Waals surface area contributed by atoms with Gasteiger partial charge in [0.15, 0.2) is 0 Å². The molecule has 0 aromatic rings. The Morgan fingerprint density at radius 1 is 1.20 bits per heavy atom. The van der Waals surface area contributed by atoms with Crippen LogP contribution in [0.3, 0.4) is 0 Å². The number of nitrogens with zero attached hydrogens (tertiary/aromatic N) is 1. The third-order valence-electron chi connectivity index (χ3n) is 4.08. The van der Waals surface area contributed by atoms with Gasteiger partial charge in [0.05, 0.1) is 12.2 Å². The summed E-state index contributed by atoms with van der Waals surface area (Å²) in [6.07, 6.45) is 7.71. The maximum Gasteiger partial charge on any atom is 0.238 e. The summed E-state index contributed by atoms with van der Waals surface area (Å²) in [7, 11) is -3.56. The second kappa shape index (κ2) is 6.11. The fraction of sp³-hybridized carbons (Fsp3) is 0.846. The highest BCUT2D eigenvalue weighted by atomic mass is 32.2. The lowest BCUT2D eigenvalue weighted by Crippen LogP contribution is -2.39. The van der Waals surface area contributed by atoms with Gasteiger partial charge in [-0.1, -0.05) is 25.7 Å². The Morgan fingerprint density at radius 2 is 1.80 bits per heavy atom. The summed E-state index contributed by atoms with van der Waals surface area (Å²) in [5.74, 6) is -1.12. The van der Waals surface area contributed by atoms with Crippen LogP contribution >= 0.6 is 0 Å². The van der Waals surface area contributed by atoms with E-state index in [4.69, 9.17) is 0 Å². The van der Waals surface area contributed by atoms with Gasteiger partial charge in [-0.25, -0.2) is 8.42 Å². The minimum atomic E-state index is -3.56. The minimum Gasteiger partial charge on any atom is -0.339 e. The van der Waals surface area contributed by atoms with Crippen molar-refractivity contribution in [3.8, 4) is 0 Å². The van der Waals surface area contributed by atoms with Crippen molar-refractivity contribution >= 4 is 21.8 Å². The molecule has 1 saturated heterocycles. The molecule has 2 aliphatic rings. The predicted molar refractivity (Wildman–Crippen MR) is 74.3 cm³/mol. The molecule has 0 spiro atoms. The number of nitrogens with one attached hydrogen (secondary N) is 1. The zero-order chi connectivity index (χ0) is 14.8. The molecule has 20 heavy (non-hydrogen) atoms. The second-order valence-electron chi connectivity index (χ2n) is 5.83. The summed E-state index contributed by atoms with van der Waals surface area (Å²) < 4.78 is 24.1. The Bertz CT molecular complexity index is 481. The van der Waals surface area contributed by atoms with E-state index in [1.807, 2.05) is 4.72 Å². The van der Waals surface area contributed by atoms with Crippen molar-refractivity contribution in [1.29, 1.82) is 0 Å². The monoisotopic (exact) mass is 302 g/mol. The Morgan fingerprint density at radius 3 is 2.35 bits per heavy atom. The van der Waals surface area contributed by atoms with Crippen molar-refractivity contribution in [3.63, 3.8) is 0 Å². The Balaban J connectivity index is 1.97. The van der Waals surface area contributed by atoms with Crippen molar-refractivity contribution in [1.82, 2.24) is 9.62 Å². The lowest BCUT2D eigenvalue weighted by Gasteiger charge is -2.27. The molecule has 1 heterocycles. The van der Waals surface area contributed by atoms with E-state index in [9.17, 15) is 18.0 Å². The summed E-state index contributed by atoms with van der Waals surface area (Å²) in [4.78, 5) is 25.7. The van der Waals surface area contributed by atoms with Gasteiger partial charge in [-0.15, -0.1) is 0 Å². The van der Waals surface area contributed by atoms with Crippen LogP contribution in [0.15, 0.2) is 0 Å². The minimum absolute atomic E-state index is 0.0226. The lowest BCUT2D eigenvalue weighted by atomic mass is 10.1. The fourth-order valence-electron chi connectivity index (χ4n) is 3.10. The van der Waals surface area contributed by atoms with Crippen molar-refractivity contribution in [3.05, 3.63) is 0 Å². The van der Waals surface area contributed by atoms with Gasteiger partial charge < -0.3 is 4.90 Å². The molecule has 2 amide bonds. The van der Waals surface area contributed by atoms with Crippen LogP contribution in [0.25, 0.3) is 0 Å². The molecule has 1 unspecified atom stereocenters. The summed E-state index contributed by atoms with van der Waals surface area (Å²) in [6, 6.07) is 0.223. The quantitative estimate of drug-likeness (QED) is 0.775. The van der Waals surface area contributed by atoms with Crippen LogP contribution in [0.1, 0.15) is 44.9 Å². The van der Waals surface area contributed by atoms with Crippen LogP contribution in [-0.2, 0) is 19.6 Å². The summed E-state index contributed by atoms with van der Waals surface area (Å²) in [6.45, 7) is 0.352. The number of likely N-dealkylation sites (tertiary alicyclic amines) is 1. The number of hydrogen-bond donors (Lipinski definition) is 1. The molecule has 2 fully saturated rings. The van der Waals surface area contributed by atoms with Gasteiger partial charge in [0.1, 0.15) is 0 Å².